The third-order valence-corrected chi connectivity index (χ3v) is 6.66. The van der Waals surface area contributed by atoms with Crippen LogP contribution in [0.15, 0.2) is 24.3 Å². The van der Waals surface area contributed by atoms with Crippen molar-refractivity contribution in [2.45, 2.75) is 58.1 Å². The number of carbonyl (C=O) groups is 3. The first-order chi connectivity index (χ1) is 14.5. The first-order valence-electron chi connectivity index (χ1n) is 10.3. The fourth-order valence-electron chi connectivity index (χ4n) is 4.60. The third kappa shape index (κ3) is 4.12. The molecule has 0 spiro atoms. The number of primary amides is 1. The number of rotatable bonds is 5. The van der Waals surface area contributed by atoms with Gasteiger partial charge in [-0.15, -0.1) is 0 Å². The van der Waals surface area contributed by atoms with Gasteiger partial charge in [0.1, 0.15) is 0 Å². The second kappa shape index (κ2) is 8.48. The molecule has 31 heavy (non-hydrogen) atoms. The molecule has 1 aliphatic carbocycles. The molecule has 0 atom stereocenters. The molecule has 1 heterocycles. The van der Waals surface area contributed by atoms with Crippen LogP contribution in [0, 0.1) is 13.8 Å². The molecular formula is C23H28ClN3O4. The van der Waals surface area contributed by atoms with Crippen molar-refractivity contribution in [2.24, 2.45) is 12.8 Å². The second-order valence-corrected chi connectivity index (χ2v) is 8.97. The maximum atomic E-state index is 13.7. The van der Waals surface area contributed by atoms with Gasteiger partial charge in [-0.25, -0.2) is 0 Å². The molecule has 0 bridgehead atoms. The van der Waals surface area contributed by atoms with Crippen LogP contribution in [0.1, 0.15) is 64.7 Å². The van der Waals surface area contributed by atoms with E-state index < -0.39 is 29.2 Å². The van der Waals surface area contributed by atoms with E-state index in [0.29, 0.717) is 47.7 Å². The topological polar surface area (TPSA) is 106 Å². The molecular weight excluding hydrogens is 418 g/mol. The van der Waals surface area contributed by atoms with Crippen LogP contribution >= 0.6 is 11.6 Å². The van der Waals surface area contributed by atoms with Gasteiger partial charge in [0.25, 0.3) is 11.7 Å². The predicted octanol–water partition coefficient (Wildman–Crippen LogP) is 3.30. The quantitative estimate of drug-likeness (QED) is 0.544. The number of ketones is 1. The highest BCUT2D eigenvalue weighted by molar-refractivity contribution is 6.47. The Morgan fingerprint density at radius 2 is 1.84 bits per heavy atom. The predicted molar refractivity (Wildman–Crippen MR) is 120 cm³/mol. The third-order valence-electron chi connectivity index (χ3n) is 6.43. The molecule has 1 saturated carbocycles. The van der Waals surface area contributed by atoms with Gasteiger partial charge in [-0.05, 0) is 70.2 Å². The molecule has 1 aromatic carbocycles. The molecule has 0 unspecified atom stereocenters. The minimum Gasteiger partial charge on any atom is -0.393 e. The monoisotopic (exact) mass is 445 g/mol. The Hall–Kier alpha value is -2.64. The van der Waals surface area contributed by atoms with Gasteiger partial charge in [-0.2, -0.15) is 0 Å². The average molecular weight is 446 g/mol. The van der Waals surface area contributed by atoms with Gasteiger partial charge >= 0.3 is 5.91 Å². The van der Waals surface area contributed by atoms with E-state index in [1.54, 1.807) is 49.7 Å². The smallest absolute Gasteiger partial charge is 0.301 e. The van der Waals surface area contributed by atoms with Gasteiger partial charge in [0.05, 0.1) is 17.4 Å². The highest BCUT2D eigenvalue weighted by Gasteiger charge is 2.43. The standard InChI is InChI=1S/C23H28ClN3O4/c1-13-18(21(25)30)14(2)26(4)19(13)20(29)22(31)27(16-7-5-6-15(24)12-16)23(3)10-8-17(28)9-11-23/h5-7,12,17,28H,8-11H2,1-4H3,(H2,25,30). The van der Waals surface area contributed by atoms with E-state index in [4.69, 9.17) is 17.3 Å². The fourth-order valence-corrected chi connectivity index (χ4v) is 4.79. The molecule has 2 amide bonds. The van der Waals surface area contributed by atoms with Gasteiger partial charge < -0.3 is 15.4 Å². The lowest BCUT2D eigenvalue weighted by Crippen LogP contribution is -2.55. The number of carbonyl (C=O) groups excluding carboxylic acids is 3. The summed E-state index contributed by atoms with van der Waals surface area (Å²) < 4.78 is 1.54. The number of benzene rings is 1. The van der Waals surface area contributed by atoms with Crippen LogP contribution in [-0.4, -0.2) is 38.9 Å². The summed E-state index contributed by atoms with van der Waals surface area (Å²) in [7, 11) is 1.64. The van der Waals surface area contributed by atoms with E-state index in [0.717, 1.165) is 0 Å². The summed E-state index contributed by atoms with van der Waals surface area (Å²) in [5, 5.41) is 10.4. The van der Waals surface area contributed by atoms with Crippen LogP contribution in [0.25, 0.3) is 0 Å². The lowest BCUT2D eigenvalue weighted by atomic mass is 9.80. The number of halogens is 1. The summed E-state index contributed by atoms with van der Waals surface area (Å²) >= 11 is 6.19. The molecule has 0 saturated heterocycles. The maximum absolute atomic E-state index is 13.7. The Morgan fingerprint density at radius 3 is 2.35 bits per heavy atom. The zero-order valence-electron chi connectivity index (χ0n) is 18.2. The number of Topliss-reactive ketones (excluding diaryl/α,β-unsaturated/α-hetero) is 1. The van der Waals surface area contributed by atoms with E-state index in [-0.39, 0.29) is 11.3 Å². The zero-order chi connectivity index (χ0) is 23.1. The molecule has 0 radical (unpaired) electrons. The zero-order valence-corrected chi connectivity index (χ0v) is 19.0. The summed E-state index contributed by atoms with van der Waals surface area (Å²) in [5.41, 5.74) is 6.65. The molecule has 0 aliphatic heterocycles. The Morgan fingerprint density at radius 1 is 1.23 bits per heavy atom. The van der Waals surface area contributed by atoms with Gasteiger partial charge in [0.2, 0.25) is 0 Å². The van der Waals surface area contributed by atoms with E-state index in [1.807, 2.05) is 6.92 Å². The van der Waals surface area contributed by atoms with Crippen molar-refractivity contribution in [3.63, 3.8) is 0 Å². The van der Waals surface area contributed by atoms with Crippen molar-refractivity contribution >= 4 is 34.9 Å². The molecule has 1 aliphatic rings. The lowest BCUT2D eigenvalue weighted by molar-refractivity contribution is -0.116. The lowest BCUT2D eigenvalue weighted by Gasteiger charge is -2.44. The van der Waals surface area contributed by atoms with Crippen molar-refractivity contribution in [1.82, 2.24) is 4.57 Å². The number of hydrogen-bond acceptors (Lipinski definition) is 4. The fraction of sp³-hybridized carbons (Fsp3) is 0.435. The summed E-state index contributed by atoms with van der Waals surface area (Å²) in [6, 6.07) is 6.82. The molecule has 3 rings (SSSR count). The number of nitrogens with two attached hydrogens (primary N) is 1. The average Bonchev–Trinajstić information content (AvgIpc) is 2.92. The van der Waals surface area contributed by atoms with E-state index >= 15 is 0 Å². The SMILES string of the molecule is Cc1c(C(N)=O)c(C)n(C)c1C(=O)C(=O)N(c1cccc(Cl)c1)C1(C)CCC(O)CC1. The van der Waals surface area contributed by atoms with Crippen molar-refractivity contribution in [1.29, 1.82) is 0 Å². The van der Waals surface area contributed by atoms with Crippen LogP contribution in [0.4, 0.5) is 5.69 Å². The van der Waals surface area contributed by atoms with Crippen molar-refractivity contribution in [2.75, 3.05) is 4.90 Å². The van der Waals surface area contributed by atoms with Crippen LogP contribution in [0.5, 0.6) is 0 Å². The molecule has 1 aromatic heterocycles. The molecule has 166 valence electrons. The Bertz CT molecular complexity index is 1050. The highest BCUT2D eigenvalue weighted by Crippen LogP contribution is 2.38. The summed E-state index contributed by atoms with van der Waals surface area (Å²) in [4.78, 5) is 40.5. The first-order valence-corrected chi connectivity index (χ1v) is 10.6. The minimum absolute atomic E-state index is 0.141. The Labute approximate surface area is 186 Å². The van der Waals surface area contributed by atoms with Gasteiger partial charge in [0.15, 0.2) is 0 Å². The number of aliphatic hydroxyl groups excluding tert-OH is 1. The number of amides is 2. The number of anilines is 1. The highest BCUT2D eigenvalue weighted by atomic mass is 35.5. The van der Waals surface area contributed by atoms with Gasteiger partial charge in [-0.3, -0.25) is 19.3 Å². The number of nitrogens with zero attached hydrogens (tertiary/aromatic N) is 2. The van der Waals surface area contributed by atoms with Crippen molar-refractivity contribution in [3.05, 3.63) is 51.8 Å². The van der Waals surface area contributed by atoms with E-state index in [2.05, 4.69) is 0 Å². The van der Waals surface area contributed by atoms with Crippen LogP contribution < -0.4 is 10.6 Å². The normalized spacial score (nSPS) is 21.0. The summed E-state index contributed by atoms with van der Waals surface area (Å²) in [6.07, 6.45) is 1.72. The van der Waals surface area contributed by atoms with Crippen molar-refractivity contribution < 1.29 is 19.5 Å². The first kappa shape index (κ1) is 23.0. The van der Waals surface area contributed by atoms with E-state index in [1.165, 1.54) is 4.90 Å². The second-order valence-electron chi connectivity index (χ2n) is 8.53. The molecule has 1 fully saturated rings. The minimum atomic E-state index is -0.720. The number of aliphatic hydroxyl groups is 1. The Kier molecular flexibility index (Phi) is 6.30. The van der Waals surface area contributed by atoms with Crippen LogP contribution in [0.2, 0.25) is 5.02 Å². The number of hydrogen-bond donors (Lipinski definition) is 2. The largest absolute Gasteiger partial charge is 0.393 e. The molecule has 8 heteroatoms. The van der Waals surface area contributed by atoms with E-state index in [9.17, 15) is 19.5 Å². The molecule has 7 nitrogen and oxygen atoms in total. The van der Waals surface area contributed by atoms with Gasteiger partial charge in [0, 0.05) is 29.0 Å². The van der Waals surface area contributed by atoms with Crippen LogP contribution in [-0.2, 0) is 11.8 Å². The molecule has 2 aromatic rings. The maximum Gasteiger partial charge on any atom is 0.301 e. The molecule has 3 N–H and O–H groups in total. The number of aromatic nitrogens is 1. The summed E-state index contributed by atoms with van der Waals surface area (Å²) in [6.45, 7) is 5.23. The van der Waals surface area contributed by atoms with Crippen molar-refractivity contribution in [3.8, 4) is 0 Å². The van der Waals surface area contributed by atoms with Crippen LogP contribution in [0.3, 0.4) is 0 Å². The van der Waals surface area contributed by atoms with Gasteiger partial charge in [-0.1, -0.05) is 17.7 Å². The Balaban J connectivity index is 2.10. The summed E-state index contributed by atoms with van der Waals surface area (Å²) in [5.74, 6) is -2.07.